The van der Waals surface area contributed by atoms with Crippen LogP contribution in [0.1, 0.15) is 28.8 Å². The Morgan fingerprint density at radius 3 is 3.04 bits per heavy atom. The highest BCUT2D eigenvalue weighted by Crippen LogP contribution is 2.22. The lowest BCUT2D eigenvalue weighted by molar-refractivity contribution is 0.0951. The molecule has 3 rings (SSSR count). The van der Waals surface area contributed by atoms with Crippen LogP contribution in [-0.2, 0) is 6.61 Å². The van der Waals surface area contributed by atoms with E-state index in [1.54, 1.807) is 30.5 Å². The number of benzene rings is 1. The van der Waals surface area contributed by atoms with Crippen molar-refractivity contribution in [1.29, 1.82) is 0 Å². The maximum absolute atomic E-state index is 12.3. The van der Waals surface area contributed by atoms with E-state index < -0.39 is 0 Å². The molecule has 0 bridgehead atoms. The molecule has 1 aliphatic heterocycles. The van der Waals surface area contributed by atoms with Crippen LogP contribution in [0.2, 0.25) is 0 Å². The van der Waals surface area contributed by atoms with Crippen molar-refractivity contribution in [3.05, 3.63) is 53.7 Å². The minimum absolute atomic E-state index is 0.0653. The minimum Gasteiger partial charge on any atom is -0.392 e. The molecule has 2 heterocycles. The molecule has 1 aromatic carbocycles. The second-order valence-electron chi connectivity index (χ2n) is 5.64. The summed E-state index contributed by atoms with van der Waals surface area (Å²) in [5, 5.41) is 20.2. The number of hydrogen-bond donors (Lipinski definition) is 2. The van der Waals surface area contributed by atoms with E-state index in [1.165, 1.54) is 0 Å². The van der Waals surface area contributed by atoms with Crippen molar-refractivity contribution in [2.24, 2.45) is 0 Å². The number of carbonyl (C=O) groups is 1. The van der Waals surface area contributed by atoms with E-state index in [9.17, 15) is 4.79 Å². The number of carbonyl (C=O) groups excluding carboxylic acids is 1. The van der Waals surface area contributed by atoms with Gasteiger partial charge >= 0.3 is 0 Å². The number of hydrogen-bond acceptors (Lipinski definition) is 5. The summed E-state index contributed by atoms with van der Waals surface area (Å²) in [4.78, 5) is 14.5. The van der Waals surface area contributed by atoms with Crippen LogP contribution in [0.25, 0.3) is 0 Å². The van der Waals surface area contributed by atoms with E-state index >= 15 is 0 Å². The molecule has 1 aliphatic rings. The van der Waals surface area contributed by atoms with Gasteiger partial charge in [0.15, 0.2) is 5.82 Å². The molecule has 120 valence electrons. The third-order valence-electron chi connectivity index (χ3n) is 4.10. The predicted molar refractivity (Wildman–Crippen MR) is 87.1 cm³/mol. The first-order valence-corrected chi connectivity index (χ1v) is 7.80. The van der Waals surface area contributed by atoms with Gasteiger partial charge in [-0.15, -0.1) is 5.10 Å². The minimum atomic E-state index is -0.119. The van der Waals surface area contributed by atoms with Gasteiger partial charge in [-0.05, 0) is 42.7 Å². The lowest BCUT2D eigenvalue weighted by Crippen LogP contribution is -2.40. The highest BCUT2D eigenvalue weighted by atomic mass is 16.3. The van der Waals surface area contributed by atoms with Crippen LogP contribution in [0.4, 0.5) is 5.82 Å². The third-order valence-corrected chi connectivity index (χ3v) is 4.10. The van der Waals surface area contributed by atoms with Crippen molar-refractivity contribution in [2.45, 2.75) is 25.5 Å². The second-order valence-corrected chi connectivity index (χ2v) is 5.64. The molecule has 1 amide bonds. The highest BCUT2D eigenvalue weighted by molar-refractivity contribution is 5.94. The quantitative estimate of drug-likeness (QED) is 0.872. The first-order chi connectivity index (χ1) is 11.3. The van der Waals surface area contributed by atoms with Crippen LogP contribution in [-0.4, -0.2) is 40.3 Å². The number of amides is 1. The monoisotopic (exact) mass is 312 g/mol. The molecule has 1 fully saturated rings. The van der Waals surface area contributed by atoms with E-state index in [0.29, 0.717) is 12.1 Å². The van der Waals surface area contributed by atoms with Crippen LogP contribution in [0, 0.1) is 0 Å². The summed E-state index contributed by atoms with van der Waals surface area (Å²) >= 11 is 0. The van der Waals surface area contributed by atoms with Gasteiger partial charge < -0.3 is 15.3 Å². The van der Waals surface area contributed by atoms with Crippen LogP contribution < -0.4 is 10.2 Å². The molecule has 0 aliphatic carbocycles. The number of nitrogens with zero attached hydrogens (tertiary/aromatic N) is 3. The zero-order valence-electron chi connectivity index (χ0n) is 12.9. The smallest absolute Gasteiger partial charge is 0.251 e. The normalized spacial score (nSPS) is 17.3. The van der Waals surface area contributed by atoms with Crippen LogP contribution in [0.15, 0.2) is 42.6 Å². The van der Waals surface area contributed by atoms with E-state index in [1.807, 2.05) is 12.1 Å². The van der Waals surface area contributed by atoms with Gasteiger partial charge in [0, 0.05) is 30.9 Å². The van der Waals surface area contributed by atoms with Crippen molar-refractivity contribution in [3.63, 3.8) is 0 Å². The van der Waals surface area contributed by atoms with Gasteiger partial charge in [-0.1, -0.05) is 12.1 Å². The topological polar surface area (TPSA) is 78.4 Å². The van der Waals surface area contributed by atoms with Gasteiger partial charge in [0.25, 0.3) is 5.91 Å². The van der Waals surface area contributed by atoms with Gasteiger partial charge in [0.2, 0.25) is 0 Å². The number of aromatic nitrogens is 2. The number of nitrogens with one attached hydrogen (secondary N) is 1. The first kappa shape index (κ1) is 15.4. The molecule has 6 nitrogen and oxygen atoms in total. The Labute approximate surface area is 135 Å². The molecule has 0 spiro atoms. The Balaban J connectivity index is 1.62. The van der Waals surface area contributed by atoms with Crippen molar-refractivity contribution in [2.75, 3.05) is 18.0 Å². The van der Waals surface area contributed by atoms with Crippen molar-refractivity contribution in [1.82, 2.24) is 15.5 Å². The van der Waals surface area contributed by atoms with E-state index in [0.717, 1.165) is 30.8 Å². The molecule has 0 radical (unpaired) electrons. The van der Waals surface area contributed by atoms with E-state index in [-0.39, 0.29) is 18.6 Å². The lowest BCUT2D eigenvalue weighted by Gasteiger charge is -2.25. The fourth-order valence-electron chi connectivity index (χ4n) is 2.92. The fourth-order valence-corrected chi connectivity index (χ4v) is 2.92. The maximum Gasteiger partial charge on any atom is 0.251 e. The van der Waals surface area contributed by atoms with Gasteiger partial charge in [0.1, 0.15) is 0 Å². The Morgan fingerprint density at radius 2 is 2.26 bits per heavy atom. The first-order valence-electron chi connectivity index (χ1n) is 7.80. The van der Waals surface area contributed by atoms with E-state index in [4.69, 9.17) is 5.11 Å². The summed E-state index contributed by atoms with van der Waals surface area (Å²) in [7, 11) is 0. The summed E-state index contributed by atoms with van der Waals surface area (Å²) in [6.45, 7) is 1.43. The zero-order chi connectivity index (χ0) is 16.1. The van der Waals surface area contributed by atoms with Crippen molar-refractivity contribution in [3.8, 4) is 0 Å². The van der Waals surface area contributed by atoms with Gasteiger partial charge in [0.05, 0.1) is 6.61 Å². The third kappa shape index (κ3) is 3.65. The molecule has 23 heavy (non-hydrogen) atoms. The summed E-state index contributed by atoms with van der Waals surface area (Å²) in [5.74, 6) is 0.734. The fraction of sp³-hybridized carbons (Fsp3) is 0.353. The second kappa shape index (κ2) is 7.19. The summed E-state index contributed by atoms with van der Waals surface area (Å²) < 4.78 is 0. The summed E-state index contributed by atoms with van der Waals surface area (Å²) in [6.07, 6.45) is 3.76. The van der Waals surface area contributed by atoms with Gasteiger partial charge in [-0.3, -0.25) is 4.79 Å². The van der Waals surface area contributed by atoms with Crippen LogP contribution in [0.3, 0.4) is 0 Å². The highest BCUT2D eigenvalue weighted by Gasteiger charge is 2.26. The molecule has 1 unspecified atom stereocenters. The number of rotatable bonds is 5. The summed E-state index contributed by atoms with van der Waals surface area (Å²) in [6, 6.07) is 11.1. The molecule has 1 atom stereocenters. The predicted octanol–water partition coefficient (Wildman–Crippen LogP) is 1.37. The van der Waals surface area contributed by atoms with Gasteiger partial charge in [-0.25, -0.2) is 0 Å². The van der Waals surface area contributed by atoms with Crippen molar-refractivity contribution < 1.29 is 9.90 Å². The van der Waals surface area contributed by atoms with Gasteiger partial charge in [-0.2, -0.15) is 5.10 Å². The SMILES string of the molecule is O=C(NCC1CCCN1c1cccnn1)c1cccc(CO)c1. The van der Waals surface area contributed by atoms with Crippen LogP contribution in [0.5, 0.6) is 0 Å². The molecule has 2 N–H and O–H groups in total. The molecule has 1 saturated heterocycles. The zero-order valence-corrected chi connectivity index (χ0v) is 12.9. The standard InChI is InChI=1S/C17H20N4O2/c22-12-13-4-1-5-14(10-13)17(23)18-11-15-6-3-9-21(15)16-7-2-8-19-20-16/h1-2,4-5,7-8,10,15,22H,3,6,9,11-12H2,(H,18,23). The molecular weight excluding hydrogens is 292 g/mol. The average molecular weight is 312 g/mol. The number of aliphatic hydroxyl groups excluding tert-OH is 1. The Kier molecular flexibility index (Phi) is 4.83. The molecule has 1 aromatic heterocycles. The Morgan fingerprint density at radius 1 is 1.35 bits per heavy atom. The van der Waals surface area contributed by atoms with E-state index in [2.05, 4.69) is 20.4 Å². The molecule has 0 saturated carbocycles. The number of aliphatic hydroxyl groups is 1. The number of anilines is 1. The molecule has 2 aromatic rings. The maximum atomic E-state index is 12.3. The molecule has 6 heteroatoms. The summed E-state index contributed by atoms with van der Waals surface area (Å²) in [5.41, 5.74) is 1.31. The lowest BCUT2D eigenvalue weighted by atomic mass is 10.1. The van der Waals surface area contributed by atoms with Crippen molar-refractivity contribution >= 4 is 11.7 Å². The molecular formula is C17H20N4O2. The Hall–Kier alpha value is -2.47. The largest absolute Gasteiger partial charge is 0.392 e. The van der Waals surface area contributed by atoms with Crippen LogP contribution >= 0.6 is 0 Å². The average Bonchev–Trinajstić information content (AvgIpc) is 3.09. The Bertz CT molecular complexity index is 663.